The first-order valence-corrected chi connectivity index (χ1v) is 7.16. The second-order valence-electron chi connectivity index (χ2n) is 4.62. The van der Waals surface area contributed by atoms with E-state index in [9.17, 15) is 9.90 Å². The third-order valence-corrected chi connectivity index (χ3v) is 4.73. The van der Waals surface area contributed by atoms with E-state index in [-0.39, 0.29) is 0 Å². The van der Waals surface area contributed by atoms with Gasteiger partial charge in [-0.15, -0.1) is 0 Å². The predicted molar refractivity (Wildman–Crippen MR) is 76.2 cm³/mol. The van der Waals surface area contributed by atoms with Gasteiger partial charge in [0.15, 0.2) is 0 Å². The topological polar surface area (TPSA) is 37.3 Å². The van der Waals surface area contributed by atoms with Crippen molar-refractivity contribution in [2.75, 3.05) is 0 Å². The van der Waals surface area contributed by atoms with Gasteiger partial charge in [-0.2, -0.15) is 0 Å². The van der Waals surface area contributed by atoms with E-state index in [1.54, 1.807) is 11.8 Å². The lowest BCUT2D eigenvalue weighted by molar-refractivity contribution is 0.0694. The molecular weight excluding hydrogens is 256 g/mol. The predicted octanol–water partition coefficient (Wildman–Crippen LogP) is 4.00. The van der Waals surface area contributed by atoms with Crippen molar-refractivity contribution in [1.82, 2.24) is 0 Å². The van der Waals surface area contributed by atoms with Crippen LogP contribution >= 0.6 is 11.8 Å². The van der Waals surface area contributed by atoms with Gasteiger partial charge in [-0.25, -0.2) is 4.79 Å². The fraction of sp³-hybridized carbons (Fsp3) is 0.188. The molecule has 0 bridgehead atoms. The molecule has 2 aromatic carbocycles. The molecule has 96 valence electrons. The zero-order valence-corrected chi connectivity index (χ0v) is 11.5. The molecule has 1 aliphatic heterocycles. The number of fused-ring (bicyclic) bond motifs is 2. The second kappa shape index (κ2) is 4.74. The molecule has 3 heteroatoms. The van der Waals surface area contributed by atoms with Crippen molar-refractivity contribution in [2.45, 2.75) is 29.6 Å². The number of carboxylic acid groups (broad SMARTS) is 1. The van der Waals surface area contributed by atoms with Crippen molar-refractivity contribution in [1.29, 1.82) is 0 Å². The van der Waals surface area contributed by atoms with Crippen molar-refractivity contribution in [2.24, 2.45) is 0 Å². The molecular formula is C16H14O2S. The molecule has 0 unspecified atom stereocenters. The highest BCUT2D eigenvalue weighted by molar-refractivity contribution is 7.99. The van der Waals surface area contributed by atoms with Crippen LogP contribution in [0.3, 0.4) is 0 Å². The summed E-state index contributed by atoms with van der Waals surface area (Å²) in [7, 11) is 0. The Bertz CT molecular complexity index is 662. The SMILES string of the molecule is CCc1ccc2c(c1C(=O)O)Cc1ccccc1S2. The van der Waals surface area contributed by atoms with Crippen LogP contribution in [0.1, 0.15) is 34.0 Å². The number of carboxylic acids is 1. The zero-order chi connectivity index (χ0) is 13.4. The third kappa shape index (κ3) is 2.04. The van der Waals surface area contributed by atoms with Crippen molar-refractivity contribution in [3.8, 4) is 0 Å². The number of rotatable bonds is 2. The van der Waals surface area contributed by atoms with Crippen LogP contribution in [0.2, 0.25) is 0 Å². The Labute approximate surface area is 116 Å². The van der Waals surface area contributed by atoms with Crippen LogP contribution in [0.25, 0.3) is 0 Å². The first kappa shape index (κ1) is 12.3. The maximum absolute atomic E-state index is 11.6. The summed E-state index contributed by atoms with van der Waals surface area (Å²) in [6.07, 6.45) is 1.47. The van der Waals surface area contributed by atoms with E-state index >= 15 is 0 Å². The minimum atomic E-state index is -0.811. The quantitative estimate of drug-likeness (QED) is 0.764. The zero-order valence-electron chi connectivity index (χ0n) is 10.6. The Kier molecular flexibility index (Phi) is 3.07. The molecule has 1 aliphatic rings. The van der Waals surface area contributed by atoms with E-state index in [0.717, 1.165) is 22.4 Å². The molecule has 0 fully saturated rings. The lowest BCUT2D eigenvalue weighted by Gasteiger charge is -2.22. The number of aryl methyl sites for hydroxylation is 1. The van der Waals surface area contributed by atoms with E-state index < -0.39 is 5.97 Å². The van der Waals surface area contributed by atoms with Crippen molar-refractivity contribution in [3.05, 3.63) is 58.7 Å². The van der Waals surface area contributed by atoms with Gasteiger partial charge in [0.1, 0.15) is 0 Å². The second-order valence-corrected chi connectivity index (χ2v) is 5.71. The van der Waals surface area contributed by atoms with Gasteiger partial charge < -0.3 is 5.11 Å². The van der Waals surface area contributed by atoms with Gasteiger partial charge in [-0.3, -0.25) is 0 Å². The molecule has 2 nitrogen and oxygen atoms in total. The monoisotopic (exact) mass is 270 g/mol. The van der Waals surface area contributed by atoms with Gasteiger partial charge in [0.05, 0.1) is 5.56 Å². The standard InChI is InChI=1S/C16H14O2S/c1-2-10-7-8-14-12(15(10)16(17)18)9-11-5-3-4-6-13(11)19-14/h3-8H,2,9H2,1H3,(H,17,18). The summed E-state index contributed by atoms with van der Waals surface area (Å²) in [5.41, 5.74) is 3.61. The molecule has 0 atom stereocenters. The van der Waals surface area contributed by atoms with Gasteiger partial charge in [-0.05, 0) is 35.2 Å². The molecule has 2 aromatic rings. The molecule has 19 heavy (non-hydrogen) atoms. The average Bonchev–Trinajstić information content (AvgIpc) is 2.43. The summed E-state index contributed by atoms with van der Waals surface area (Å²) in [5, 5.41) is 9.49. The van der Waals surface area contributed by atoms with Gasteiger partial charge in [0.25, 0.3) is 0 Å². The van der Waals surface area contributed by atoms with Crippen LogP contribution in [0.15, 0.2) is 46.2 Å². The van der Waals surface area contributed by atoms with Crippen LogP contribution in [0.5, 0.6) is 0 Å². The van der Waals surface area contributed by atoms with E-state index in [4.69, 9.17) is 0 Å². The normalized spacial score (nSPS) is 12.7. The van der Waals surface area contributed by atoms with E-state index in [1.165, 1.54) is 10.5 Å². The molecule has 0 amide bonds. The van der Waals surface area contributed by atoms with Crippen LogP contribution in [0, 0.1) is 0 Å². The van der Waals surface area contributed by atoms with E-state index in [0.29, 0.717) is 12.0 Å². The van der Waals surface area contributed by atoms with Crippen LogP contribution in [-0.4, -0.2) is 11.1 Å². The van der Waals surface area contributed by atoms with Crippen molar-refractivity contribution < 1.29 is 9.90 Å². The van der Waals surface area contributed by atoms with E-state index in [2.05, 4.69) is 18.2 Å². The van der Waals surface area contributed by atoms with Gasteiger partial charge >= 0.3 is 5.97 Å². The Morgan fingerprint density at radius 3 is 2.74 bits per heavy atom. The van der Waals surface area contributed by atoms with E-state index in [1.807, 2.05) is 25.1 Å². The highest BCUT2D eigenvalue weighted by Crippen LogP contribution is 2.41. The number of carbonyl (C=O) groups is 1. The minimum absolute atomic E-state index is 0.502. The lowest BCUT2D eigenvalue weighted by Crippen LogP contribution is -2.11. The largest absolute Gasteiger partial charge is 0.478 e. The first-order chi connectivity index (χ1) is 9.20. The summed E-state index contributed by atoms with van der Waals surface area (Å²) >= 11 is 1.67. The van der Waals surface area contributed by atoms with Gasteiger partial charge in [0, 0.05) is 16.2 Å². The maximum atomic E-state index is 11.6. The molecule has 1 N–H and O–H groups in total. The summed E-state index contributed by atoms with van der Waals surface area (Å²) in [6, 6.07) is 12.2. The molecule has 0 aromatic heterocycles. The number of benzene rings is 2. The Morgan fingerprint density at radius 2 is 2.00 bits per heavy atom. The summed E-state index contributed by atoms with van der Waals surface area (Å²) in [5.74, 6) is -0.811. The summed E-state index contributed by atoms with van der Waals surface area (Å²) in [6.45, 7) is 2.00. The van der Waals surface area contributed by atoms with Crippen LogP contribution < -0.4 is 0 Å². The summed E-state index contributed by atoms with van der Waals surface area (Å²) in [4.78, 5) is 13.9. The highest BCUT2D eigenvalue weighted by Gasteiger charge is 2.23. The Hall–Kier alpha value is -1.74. The summed E-state index contributed by atoms with van der Waals surface area (Å²) < 4.78 is 0. The van der Waals surface area contributed by atoms with Gasteiger partial charge in [0.2, 0.25) is 0 Å². The molecule has 0 aliphatic carbocycles. The molecule has 3 rings (SSSR count). The molecule has 1 heterocycles. The lowest BCUT2D eigenvalue weighted by atomic mass is 9.94. The van der Waals surface area contributed by atoms with Crippen LogP contribution in [-0.2, 0) is 12.8 Å². The Morgan fingerprint density at radius 1 is 1.21 bits per heavy atom. The molecule has 0 spiro atoms. The fourth-order valence-electron chi connectivity index (χ4n) is 2.57. The van der Waals surface area contributed by atoms with Crippen molar-refractivity contribution in [3.63, 3.8) is 0 Å². The highest BCUT2D eigenvalue weighted by atomic mass is 32.2. The first-order valence-electron chi connectivity index (χ1n) is 6.34. The van der Waals surface area contributed by atoms with Crippen molar-refractivity contribution >= 4 is 17.7 Å². The Balaban J connectivity index is 2.18. The number of hydrogen-bond donors (Lipinski definition) is 1. The molecule has 0 radical (unpaired) electrons. The van der Waals surface area contributed by atoms with Crippen LogP contribution in [0.4, 0.5) is 0 Å². The maximum Gasteiger partial charge on any atom is 0.336 e. The third-order valence-electron chi connectivity index (χ3n) is 3.51. The molecule has 0 saturated heterocycles. The number of hydrogen-bond acceptors (Lipinski definition) is 2. The minimum Gasteiger partial charge on any atom is -0.478 e. The van der Waals surface area contributed by atoms with Gasteiger partial charge in [-0.1, -0.05) is 43.0 Å². The average molecular weight is 270 g/mol. The fourth-order valence-corrected chi connectivity index (χ4v) is 3.66. The molecule has 0 saturated carbocycles. The number of aromatic carboxylic acids is 1. The smallest absolute Gasteiger partial charge is 0.336 e.